The summed E-state index contributed by atoms with van der Waals surface area (Å²) < 4.78 is 5.28. The second kappa shape index (κ2) is 1.97. The Bertz CT molecular complexity index is 144. The molecule has 0 aromatic carbocycles. The second-order valence-corrected chi connectivity index (χ2v) is 2.20. The Morgan fingerprint density at radius 2 is 2.67 bits per heavy atom. The van der Waals surface area contributed by atoms with E-state index < -0.39 is 0 Å². The molecular weight excluding hydrogens is 114 g/mol. The summed E-state index contributed by atoms with van der Waals surface area (Å²) in [7, 11) is 0. The summed E-state index contributed by atoms with van der Waals surface area (Å²) in [6.07, 6.45) is 9.15. The average Bonchev–Trinajstić information content (AvgIpc) is 2.33. The van der Waals surface area contributed by atoms with Crippen molar-refractivity contribution in [3.05, 3.63) is 24.3 Å². The van der Waals surface area contributed by atoms with Crippen molar-refractivity contribution < 1.29 is 4.74 Å². The van der Waals surface area contributed by atoms with E-state index in [2.05, 4.69) is 17.5 Å². The fourth-order valence-electron chi connectivity index (χ4n) is 1.10. The highest BCUT2D eigenvalue weighted by Gasteiger charge is 2.23. The molecule has 2 unspecified atom stereocenters. The van der Waals surface area contributed by atoms with E-state index in [0.717, 1.165) is 0 Å². The monoisotopic (exact) mass is 122 g/mol. The van der Waals surface area contributed by atoms with Gasteiger partial charge in [0.25, 0.3) is 0 Å². The van der Waals surface area contributed by atoms with Crippen LogP contribution in [0, 0.1) is 6.08 Å². The van der Waals surface area contributed by atoms with Gasteiger partial charge in [0.05, 0.1) is 18.9 Å². The van der Waals surface area contributed by atoms with E-state index in [1.807, 2.05) is 12.2 Å². The summed E-state index contributed by atoms with van der Waals surface area (Å²) in [5.74, 6) is 0. The molecule has 1 fully saturated rings. The molecule has 1 heterocycles. The highest BCUT2D eigenvalue weighted by molar-refractivity contribution is 5.15. The van der Waals surface area contributed by atoms with E-state index in [4.69, 9.17) is 4.74 Å². The van der Waals surface area contributed by atoms with Gasteiger partial charge in [-0.05, 0) is 12.2 Å². The first-order valence-electron chi connectivity index (χ1n) is 3.08. The zero-order valence-electron chi connectivity index (χ0n) is 5.00. The minimum atomic E-state index is 0.231. The molecule has 2 atom stereocenters. The molecule has 0 bridgehead atoms. The van der Waals surface area contributed by atoms with Crippen LogP contribution in [0.15, 0.2) is 18.2 Å². The third kappa shape index (κ3) is 0.802. The average molecular weight is 122 g/mol. The van der Waals surface area contributed by atoms with Crippen molar-refractivity contribution >= 4 is 0 Å². The Hall–Kier alpha value is -0.600. The quantitative estimate of drug-likeness (QED) is 0.496. The number of hydrogen-bond acceptors (Lipinski definition) is 2. The molecule has 2 heteroatoms. The maximum absolute atomic E-state index is 5.28. The van der Waals surface area contributed by atoms with Crippen molar-refractivity contribution in [2.24, 2.45) is 0 Å². The molecule has 1 saturated heterocycles. The van der Waals surface area contributed by atoms with Gasteiger partial charge in [0.2, 0.25) is 0 Å². The molecule has 0 spiro atoms. The molecule has 0 aromatic rings. The van der Waals surface area contributed by atoms with Gasteiger partial charge in [0.1, 0.15) is 0 Å². The van der Waals surface area contributed by atoms with E-state index in [-0.39, 0.29) is 6.10 Å². The van der Waals surface area contributed by atoms with E-state index in [1.54, 1.807) is 0 Å². The summed E-state index contributed by atoms with van der Waals surface area (Å²) in [6, 6.07) is 0.395. The summed E-state index contributed by atoms with van der Waals surface area (Å²) in [5, 5.41) is 3.18. The van der Waals surface area contributed by atoms with Gasteiger partial charge in [0, 0.05) is 0 Å². The van der Waals surface area contributed by atoms with Crippen LogP contribution in [-0.4, -0.2) is 18.9 Å². The Labute approximate surface area is 54.2 Å². The van der Waals surface area contributed by atoms with Crippen LogP contribution in [0.1, 0.15) is 0 Å². The van der Waals surface area contributed by atoms with Crippen molar-refractivity contribution in [1.82, 2.24) is 5.32 Å². The highest BCUT2D eigenvalue weighted by atomic mass is 16.5. The van der Waals surface area contributed by atoms with Gasteiger partial charge in [-0.3, -0.25) is 5.32 Å². The molecule has 47 valence electrons. The predicted molar refractivity (Wildman–Crippen MR) is 33.6 cm³/mol. The lowest BCUT2D eigenvalue weighted by Gasteiger charge is -2.11. The van der Waals surface area contributed by atoms with Crippen LogP contribution < -0.4 is 5.32 Å². The number of allylic oxidation sites excluding steroid dienone is 2. The van der Waals surface area contributed by atoms with Crippen molar-refractivity contribution in [1.29, 1.82) is 0 Å². The lowest BCUT2D eigenvalue weighted by molar-refractivity contribution is 0.140. The van der Waals surface area contributed by atoms with Crippen LogP contribution in [0.5, 0.6) is 0 Å². The summed E-state index contributed by atoms with van der Waals surface area (Å²) in [4.78, 5) is 0. The minimum Gasteiger partial charge on any atom is -0.357 e. The number of rotatable bonds is 0. The molecule has 1 aliphatic heterocycles. The van der Waals surface area contributed by atoms with E-state index >= 15 is 0 Å². The van der Waals surface area contributed by atoms with Gasteiger partial charge in [-0.2, -0.15) is 0 Å². The molecule has 2 aliphatic rings. The molecule has 1 radical (unpaired) electrons. The first kappa shape index (κ1) is 5.21. The molecule has 2 rings (SSSR count). The molecule has 9 heavy (non-hydrogen) atoms. The third-order valence-corrected chi connectivity index (χ3v) is 1.61. The molecule has 0 amide bonds. The maximum Gasteiger partial charge on any atom is 0.0979 e. The topological polar surface area (TPSA) is 21.3 Å². The standard InChI is InChI=1S/C7H8NO/c1-2-4-7-6(3-1)8-5-9-7/h1,3-4,6-8H,5H2. The zero-order chi connectivity index (χ0) is 6.10. The fourth-order valence-corrected chi connectivity index (χ4v) is 1.10. The van der Waals surface area contributed by atoms with Crippen LogP contribution in [0.4, 0.5) is 0 Å². The van der Waals surface area contributed by atoms with Gasteiger partial charge in [-0.1, -0.05) is 12.2 Å². The largest absolute Gasteiger partial charge is 0.357 e. The first-order valence-corrected chi connectivity index (χ1v) is 3.08. The lowest BCUT2D eigenvalue weighted by atomic mass is 10.1. The first-order chi connectivity index (χ1) is 4.47. The normalized spacial score (nSPS) is 39.1. The van der Waals surface area contributed by atoms with E-state index in [1.165, 1.54) is 0 Å². The van der Waals surface area contributed by atoms with Gasteiger partial charge in [0.15, 0.2) is 0 Å². The smallest absolute Gasteiger partial charge is 0.0979 e. The number of ether oxygens (including phenoxy) is 1. The number of hydrogen-bond donors (Lipinski definition) is 1. The Morgan fingerprint density at radius 1 is 1.67 bits per heavy atom. The molecular formula is C7H8NO. The van der Waals surface area contributed by atoms with Crippen LogP contribution in [-0.2, 0) is 4.74 Å². The maximum atomic E-state index is 5.28. The van der Waals surface area contributed by atoms with E-state index in [9.17, 15) is 0 Å². The SMILES string of the molecule is [C]1=CC2OCNC2C=C1. The number of nitrogens with one attached hydrogen (secondary N) is 1. The van der Waals surface area contributed by atoms with E-state index in [0.29, 0.717) is 12.8 Å². The summed E-state index contributed by atoms with van der Waals surface area (Å²) in [6.45, 7) is 0.665. The molecule has 1 aliphatic carbocycles. The fraction of sp³-hybridized carbons (Fsp3) is 0.429. The van der Waals surface area contributed by atoms with Crippen LogP contribution >= 0.6 is 0 Å². The van der Waals surface area contributed by atoms with Crippen molar-refractivity contribution in [2.75, 3.05) is 6.73 Å². The van der Waals surface area contributed by atoms with Crippen molar-refractivity contribution in [3.8, 4) is 0 Å². The van der Waals surface area contributed by atoms with Crippen LogP contribution in [0.2, 0.25) is 0 Å². The minimum absolute atomic E-state index is 0.231. The van der Waals surface area contributed by atoms with Crippen molar-refractivity contribution in [3.63, 3.8) is 0 Å². The van der Waals surface area contributed by atoms with Gasteiger partial charge in [-0.15, -0.1) is 0 Å². The second-order valence-electron chi connectivity index (χ2n) is 2.20. The third-order valence-electron chi connectivity index (χ3n) is 1.61. The van der Waals surface area contributed by atoms with Gasteiger partial charge < -0.3 is 4.74 Å². The summed E-state index contributed by atoms with van der Waals surface area (Å²) in [5.41, 5.74) is 0. The van der Waals surface area contributed by atoms with Crippen molar-refractivity contribution in [2.45, 2.75) is 12.1 Å². The Balaban J connectivity index is 2.18. The summed E-state index contributed by atoms with van der Waals surface area (Å²) >= 11 is 0. The Kier molecular flexibility index (Phi) is 1.14. The highest BCUT2D eigenvalue weighted by Crippen LogP contribution is 2.12. The molecule has 0 aromatic heterocycles. The Morgan fingerprint density at radius 3 is 3.56 bits per heavy atom. The molecule has 0 saturated carbocycles. The van der Waals surface area contributed by atoms with Crippen LogP contribution in [0.3, 0.4) is 0 Å². The lowest BCUT2D eigenvalue weighted by Crippen LogP contribution is -2.28. The predicted octanol–water partition coefficient (Wildman–Crippen LogP) is 0.230. The molecule has 1 N–H and O–H groups in total. The number of fused-ring (bicyclic) bond motifs is 1. The van der Waals surface area contributed by atoms with Crippen LogP contribution in [0.25, 0.3) is 0 Å². The van der Waals surface area contributed by atoms with Gasteiger partial charge >= 0.3 is 0 Å². The zero-order valence-corrected chi connectivity index (χ0v) is 5.00. The molecule has 2 nitrogen and oxygen atoms in total. The van der Waals surface area contributed by atoms with Gasteiger partial charge in [-0.25, -0.2) is 0 Å².